The van der Waals surface area contributed by atoms with Crippen LogP contribution in [0.3, 0.4) is 0 Å². The van der Waals surface area contributed by atoms with Crippen molar-refractivity contribution in [1.82, 2.24) is 4.90 Å². The van der Waals surface area contributed by atoms with Crippen LogP contribution < -0.4 is 5.73 Å². The molecule has 2 bridgehead atoms. The topological polar surface area (TPSA) is 184 Å². The van der Waals surface area contributed by atoms with Crippen molar-refractivity contribution in [2.45, 2.75) is 174 Å². The highest BCUT2D eigenvalue weighted by atomic mass is 16.7. The summed E-state index contributed by atoms with van der Waals surface area (Å²) in [6, 6.07) is -1.19. The average Bonchev–Trinajstić information content (AvgIpc) is 3.18. The number of ether oxygens (including phenoxy) is 5. The number of nitrogens with two attached hydrogens (primary N) is 1. The van der Waals surface area contributed by atoms with Gasteiger partial charge in [-0.25, -0.2) is 4.79 Å². The molecule has 13 heteroatoms. The SMILES string of the molecule is CCOC1CC(C=C(C)C2OC(=O)C3CCCCN3C(=O)C(=O)C3(O)OC(C(OC)CC(C)CC(C)=CC(CC)C(=O)CC(O)C2C)C(OC)CC3C)CCC1N. The maximum absolute atomic E-state index is 14.3. The van der Waals surface area contributed by atoms with Gasteiger partial charge >= 0.3 is 5.97 Å². The summed E-state index contributed by atoms with van der Waals surface area (Å²) >= 11 is 0. The van der Waals surface area contributed by atoms with E-state index < -0.39 is 77.8 Å². The fraction of sp³-hybridized carbons (Fsp3) is 0.818. The molecule has 14 unspecified atom stereocenters. The third-order valence-electron chi connectivity index (χ3n) is 13.1. The van der Waals surface area contributed by atoms with Gasteiger partial charge in [-0.05, 0) is 102 Å². The van der Waals surface area contributed by atoms with Gasteiger partial charge in [0, 0.05) is 57.6 Å². The largest absolute Gasteiger partial charge is 0.456 e. The molecule has 3 aliphatic heterocycles. The number of carbonyl (C=O) groups is 4. The van der Waals surface area contributed by atoms with Gasteiger partial charge in [0.2, 0.25) is 5.79 Å². The van der Waals surface area contributed by atoms with Crippen LogP contribution in [-0.4, -0.2) is 120 Å². The molecule has 57 heavy (non-hydrogen) atoms. The Bertz CT molecular complexity index is 1450. The molecule has 4 aliphatic rings. The quantitative estimate of drug-likeness (QED) is 0.181. The number of cyclic esters (lactones) is 1. The number of aliphatic hydroxyl groups excluding tert-OH is 1. The number of allylic oxidation sites excluding steroid dienone is 3. The van der Waals surface area contributed by atoms with Crippen molar-refractivity contribution in [1.29, 1.82) is 0 Å². The van der Waals surface area contributed by atoms with Crippen molar-refractivity contribution in [2.75, 3.05) is 27.4 Å². The second-order valence-electron chi connectivity index (χ2n) is 17.5. The summed E-state index contributed by atoms with van der Waals surface area (Å²) in [5.41, 5.74) is 8.09. The van der Waals surface area contributed by atoms with E-state index in [1.807, 2.05) is 33.8 Å². The molecule has 0 aromatic heterocycles. The predicted molar refractivity (Wildman–Crippen MR) is 215 cm³/mol. The maximum Gasteiger partial charge on any atom is 0.329 e. The van der Waals surface area contributed by atoms with Gasteiger partial charge in [0.15, 0.2) is 0 Å². The summed E-state index contributed by atoms with van der Waals surface area (Å²) in [4.78, 5) is 57.8. The second-order valence-corrected chi connectivity index (χ2v) is 17.5. The molecular formula is C44H72N2O11. The first-order valence-electron chi connectivity index (χ1n) is 21.4. The molecule has 4 N–H and O–H groups in total. The van der Waals surface area contributed by atoms with Gasteiger partial charge < -0.3 is 44.5 Å². The minimum Gasteiger partial charge on any atom is -0.456 e. The van der Waals surface area contributed by atoms with Gasteiger partial charge in [-0.1, -0.05) is 45.4 Å². The summed E-state index contributed by atoms with van der Waals surface area (Å²) in [6.45, 7) is 13.8. The molecule has 14 atom stereocenters. The van der Waals surface area contributed by atoms with Crippen LogP contribution in [0.15, 0.2) is 23.3 Å². The fourth-order valence-electron chi connectivity index (χ4n) is 9.58. The van der Waals surface area contributed by atoms with Crippen LogP contribution in [-0.2, 0) is 42.9 Å². The first-order valence-corrected chi connectivity index (χ1v) is 21.4. The Labute approximate surface area is 340 Å². The molecule has 3 heterocycles. The normalized spacial score (nSPS) is 40.1. The van der Waals surface area contributed by atoms with Crippen molar-refractivity contribution < 1.29 is 53.1 Å². The smallest absolute Gasteiger partial charge is 0.329 e. The van der Waals surface area contributed by atoms with Gasteiger partial charge in [0.25, 0.3) is 11.7 Å². The molecule has 4 rings (SSSR count). The zero-order valence-electron chi connectivity index (χ0n) is 35.9. The molecule has 0 spiro atoms. The zero-order valence-corrected chi connectivity index (χ0v) is 35.9. The number of hydrogen-bond acceptors (Lipinski definition) is 12. The van der Waals surface area contributed by atoms with Gasteiger partial charge in [-0.2, -0.15) is 0 Å². The van der Waals surface area contributed by atoms with Crippen molar-refractivity contribution >= 4 is 23.4 Å². The highest BCUT2D eigenvalue weighted by Crippen LogP contribution is 2.39. The minimum atomic E-state index is -2.49. The van der Waals surface area contributed by atoms with Crippen molar-refractivity contribution in [3.05, 3.63) is 23.3 Å². The lowest BCUT2D eigenvalue weighted by molar-refractivity contribution is -0.302. The number of fused-ring (bicyclic) bond motifs is 3. The third kappa shape index (κ3) is 11.4. The van der Waals surface area contributed by atoms with E-state index in [-0.39, 0.29) is 55.6 Å². The number of piperidine rings is 1. The van der Waals surface area contributed by atoms with Crippen LogP contribution in [0.1, 0.15) is 119 Å². The lowest BCUT2D eigenvalue weighted by Crippen LogP contribution is -2.64. The number of carbonyl (C=O) groups excluding carboxylic acids is 4. The average molecular weight is 805 g/mol. The Kier molecular flexibility index (Phi) is 17.5. The van der Waals surface area contributed by atoms with Crippen LogP contribution in [0.4, 0.5) is 0 Å². The Hall–Kier alpha value is -2.52. The van der Waals surface area contributed by atoms with E-state index in [4.69, 9.17) is 29.4 Å². The van der Waals surface area contributed by atoms with E-state index in [1.54, 1.807) is 13.8 Å². The molecule has 13 nitrogen and oxygen atoms in total. The lowest BCUT2D eigenvalue weighted by atomic mass is 9.81. The summed E-state index contributed by atoms with van der Waals surface area (Å²) < 4.78 is 30.2. The number of amides is 1. The van der Waals surface area contributed by atoms with Crippen LogP contribution in [0.25, 0.3) is 0 Å². The molecule has 0 aromatic carbocycles. The molecule has 0 aromatic rings. The number of hydrogen-bond donors (Lipinski definition) is 3. The maximum atomic E-state index is 14.3. The molecule has 1 amide bonds. The van der Waals surface area contributed by atoms with Crippen molar-refractivity contribution in [3.63, 3.8) is 0 Å². The number of Topliss-reactive ketones (excluding diaryl/α,β-unsaturated/α-hetero) is 2. The highest BCUT2D eigenvalue weighted by Gasteiger charge is 2.56. The van der Waals surface area contributed by atoms with E-state index in [1.165, 1.54) is 19.1 Å². The lowest BCUT2D eigenvalue weighted by Gasteiger charge is -2.47. The summed E-state index contributed by atoms with van der Waals surface area (Å²) in [5, 5.41) is 23.7. The van der Waals surface area contributed by atoms with Gasteiger partial charge in [0.05, 0.1) is 24.4 Å². The van der Waals surface area contributed by atoms with Crippen LogP contribution >= 0.6 is 0 Å². The Morgan fingerprint density at radius 1 is 0.982 bits per heavy atom. The predicted octanol–water partition coefficient (Wildman–Crippen LogP) is 4.83. The zero-order chi connectivity index (χ0) is 42.2. The van der Waals surface area contributed by atoms with E-state index >= 15 is 0 Å². The Morgan fingerprint density at radius 2 is 1.67 bits per heavy atom. The molecular weight excluding hydrogens is 732 g/mol. The summed E-state index contributed by atoms with van der Waals surface area (Å²) in [6.07, 6.45) is 5.27. The number of esters is 1. The Morgan fingerprint density at radius 3 is 2.32 bits per heavy atom. The standard InChI is InChI=1S/C44H72N2O11/c1-10-31-19-25(3)18-26(4)20-37(53-8)40-38(54-9)22-28(6)44(52,57-40)41(49)42(50)46-17-13-12-14-33(46)43(51)56-39(29(7)34(47)24-35(31)48)27(5)21-30-15-16-32(45)36(23-30)55-11-2/h19,21,26,28-34,36-40,47,52H,10-18,20,22-24,45H2,1-9H3. The summed E-state index contributed by atoms with van der Waals surface area (Å²) in [7, 11) is 3.08. The Balaban J connectivity index is 1.76. The second kappa shape index (κ2) is 21.1. The minimum absolute atomic E-state index is 0.0425. The number of ketones is 2. The van der Waals surface area contributed by atoms with Crippen LogP contribution in [0, 0.1) is 29.6 Å². The van der Waals surface area contributed by atoms with E-state index in [0.717, 1.165) is 18.4 Å². The third-order valence-corrected chi connectivity index (χ3v) is 13.1. The number of aliphatic hydroxyl groups is 2. The van der Waals surface area contributed by atoms with Gasteiger partial charge in [0.1, 0.15) is 24.0 Å². The van der Waals surface area contributed by atoms with Crippen molar-refractivity contribution in [3.8, 4) is 0 Å². The number of rotatable bonds is 7. The molecule has 2 saturated heterocycles. The first kappa shape index (κ1) is 47.2. The van der Waals surface area contributed by atoms with Gasteiger partial charge in [-0.3, -0.25) is 14.4 Å². The molecule has 3 fully saturated rings. The van der Waals surface area contributed by atoms with Gasteiger partial charge in [-0.15, -0.1) is 0 Å². The van der Waals surface area contributed by atoms with E-state index in [2.05, 4.69) is 13.0 Å². The monoisotopic (exact) mass is 805 g/mol. The van der Waals surface area contributed by atoms with Crippen LogP contribution in [0.2, 0.25) is 0 Å². The highest BCUT2D eigenvalue weighted by molar-refractivity contribution is 6.39. The van der Waals surface area contributed by atoms with E-state index in [9.17, 15) is 29.4 Å². The molecule has 324 valence electrons. The van der Waals surface area contributed by atoms with Crippen LogP contribution in [0.5, 0.6) is 0 Å². The number of nitrogens with zero attached hydrogens (tertiary/aromatic N) is 1. The molecule has 1 saturated carbocycles. The summed E-state index contributed by atoms with van der Waals surface area (Å²) in [5.74, 6) is -7.29. The fourth-order valence-corrected chi connectivity index (χ4v) is 9.58. The first-order chi connectivity index (χ1) is 27.0. The molecule has 0 radical (unpaired) electrons. The van der Waals surface area contributed by atoms with Crippen molar-refractivity contribution in [2.24, 2.45) is 35.3 Å². The van der Waals surface area contributed by atoms with E-state index in [0.29, 0.717) is 50.7 Å². The molecule has 1 aliphatic carbocycles. The number of methoxy groups -OCH3 is 2.